The van der Waals surface area contributed by atoms with Crippen molar-refractivity contribution in [2.24, 2.45) is 0 Å². The highest BCUT2D eigenvalue weighted by Crippen LogP contribution is 2.43. The van der Waals surface area contributed by atoms with Gasteiger partial charge in [-0.25, -0.2) is 4.79 Å². The fraction of sp³-hybridized carbons (Fsp3) is 0.444. The van der Waals surface area contributed by atoms with Crippen LogP contribution in [0.15, 0.2) is 28.8 Å². The number of nitrogens with one attached hydrogen (secondary N) is 1. The number of amides is 2. The van der Waals surface area contributed by atoms with Crippen LogP contribution in [0, 0.1) is 0 Å². The molecule has 2 rings (SSSR count). The van der Waals surface area contributed by atoms with Crippen molar-refractivity contribution >= 4 is 46.3 Å². The highest BCUT2D eigenvalue weighted by Gasteiger charge is 2.25. The minimum Gasteiger partial charge on any atom is -0.444 e. The number of halogens is 1. The summed E-state index contributed by atoms with van der Waals surface area (Å²) in [5.74, 6) is -0.0305. The maximum atomic E-state index is 12.1. The van der Waals surface area contributed by atoms with Gasteiger partial charge in [0.25, 0.3) is 0 Å². The van der Waals surface area contributed by atoms with Gasteiger partial charge in [0.15, 0.2) is 0 Å². The lowest BCUT2D eigenvalue weighted by atomic mass is 10.1. The Morgan fingerprint density at radius 1 is 1.31 bits per heavy atom. The number of nitrogens with zero attached hydrogens (tertiary/aromatic N) is 2. The molecule has 0 spiro atoms. The number of benzene rings is 1. The van der Waals surface area contributed by atoms with Gasteiger partial charge in [-0.3, -0.25) is 10.1 Å². The fourth-order valence-corrected chi connectivity index (χ4v) is 3.67. The zero-order valence-corrected chi connectivity index (χ0v) is 17.4. The molecule has 1 heterocycles. The Morgan fingerprint density at radius 2 is 1.96 bits per heavy atom. The zero-order valence-electron chi connectivity index (χ0n) is 15.8. The molecule has 0 unspecified atom stereocenters. The largest absolute Gasteiger partial charge is 0.444 e. The first-order valence-corrected chi connectivity index (χ1v) is 9.28. The van der Waals surface area contributed by atoms with E-state index in [-0.39, 0.29) is 12.3 Å². The van der Waals surface area contributed by atoms with E-state index in [9.17, 15) is 9.59 Å². The summed E-state index contributed by atoms with van der Waals surface area (Å²) in [6, 6.07) is 5.47. The second-order valence-electron chi connectivity index (χ2n) is 7.15. The Balaban J connectivity index is 2.28. The lowest BCUT2D eigenvalue weighted by Crippen LogP contribution is -2.27. The van der Waals surface area contributed by atoms with Crippen LogP contribution >= 0.6 is 23.5 Å². The first-order chi connectivity index (χ1) is 12.0. The summed E-state index contributed by atoms with van der Waals surface area (Å²) in [4.78, 5) is 26.5. The van der Waals surface area contributed by atoms with Gasteiger partial charge in [-0.05, 0) is 50.9 Å². The molecule has 1 N–H and O–H groups in total. The molecule has 6 nitrogen and oxygen atoms in total. The van der Waals surface area contributed by atoms with E-state index in [4.69, 9.17) is 16.3 Å². The number of anilines is 1. The van der Waals surface area contributed by atoms with Crippen LogP contribution in [-0.2, 0) is 9.53 Å². The van der Waals surface area contributed by atoms with Gasteiger partial charge in [-0.15, -0.1) is 0 Å². The minimum atomic E-state index is -0.575. The molecule has 1 aromatic carbocycles. The van der Waals surface area contributed by atoms with E-state index >= 15 is 0 Å². The highest BCUT2D eigenvalue weighted by molar-refractivity contribution is 7.97. The molecule has 0 aromatic heterocycles. The smallest absolute Gasteiger partial charge is 0.412 e. The topological polar surface area (TPSA) is 61.9 Å². The number of carbonyl (C=O) groups is 2. The molecule has 1 aromatic rings. The van der Waals surface area contributed by atoms with Crippen molar-refractivity contribution in [2.75, 3.05) is 26.5 Å². The molecular formula is C18H24ClN3O3S. The van der Waals surface area contributed by atoms with E-state index in [0.717, 1.165) is 16.2 Å². The average Bonchev–Trinajstić information content (AvgIpc) is 2.49. The predicted molar refractivity (Wildman–Crippen MR) is 106 cm³/mol. The summed E-state index contributed by atoms with van der Waals surface area (Å²) < 4.78 is 7.17. The Bertz CT molecular complexity index is 757. The van der Waals surface area contributed by atoms with Gasteiger partial charge < -0.3 is 13.9 Å². The number of hydrogen-bond acceptors (Lipinski definition) is 5. The molecule has 0 atom stereocenters. The second-order valence-corrected chi connectivity index (χ2v) is 8.70. The molecule has 1 aliphatic heterocycles. The first-order valence-electron chi connectivity index (χ1n) is 8.13. The van der Waals surface area contributed by atoms with Crippen LogP contribution in [0.5, 0.6) is 0 Å². The molecular weight excluding hydrogens is 374 g/mol. The van der Waals surface area contributed by atoms with E-state index in [2.05, 4.69) is 5.32 Å². The van der Waals surface area contributed by atoms with Gasteiger partial charge in [-0.1, -0.05) is 11.6 Å². The van der Waals surface area contributed by atoms with Crippen LogP contribution in [0.1, 0.15) is 32.8 Å². The quantitative estimate of drug-likeness (QED) is 0.767. The first kappa shape index (κ1) is 20.5. The summed E-state index contributed by atoms with van der Waals surface area (Å²) in [7, 11) is 5.30. The minimum absolute atomic E-state index is 0.0305. The van der Waals surface area contributed by atoms with Crippen LogP contribution in [0.25, 0.3) is 5.03 Å². The standard InChI is InChI=1S/C18H24ClN3O3S/c1-18(2,3)25-17(24)20-11-7-8-14-12(9-11)16(19)13(22(6)26-14)10-15(23)21(4)5/h7-9H,10H2,1-6H3,(H,20,24). The Hall–Kier alpha value is -1.86. The molecule has 0 saturated carbocycles. The van der Waals surface area contributed by atoms with E-state index in [1.807, 2.05) is 17.4 Å². The van der Waals surface area contributed by atoms with Gasteiger partial charge in [0.2, 0.25) is 5.91 Å². The SMILES string of the molecule is CN(C)C(=O)CC1=C(Cl)c2cc(NC(=O)OC(C)(C)C)ccc2SN1C. The molecule has 0 fully saturated rings. The van der Waals surface area contributed by atoms with Crippen LogP contribution < -0.4 is 5.32 Å². The van der Waals surface area contributed by atoms with Gasteiger partial charge in [0.1, 0.15) is 5.60 Å². The van der Waals surface area contributed by atoms with Crippen molar-refractivity contribution in [1.29, 1.82) is 0 Å². The van der Waals surface area contributed by atoms with Crippen molar-refractivity contribution in [3.63, 3.8) is 0 Å². The lowest BCUT2D eigenvalue weighted by molar-refractivity contribution is -0.128. The molecule has 1 aliphatic rings. The number of fused-ring (bicyclic) bond motifs is 1. The van der Waals surface area contributed by atoms with Crippen molar-refractivity contribution in [3.8, 4) is 0 Å². The van der Waals surface area contributed by atoms with Crippen molar-refractivity contribution < 1.29 is 14.3 Å². The Labute approximate surface area is 163 Å². The van der Waals surface area contributed by atoms with Gasteiger partial charge in [0, 0.05) is 37.3 Å². The van der Waals surface area contributed by atoms with Crippen molar-refractivity contribution in [2.45, 2.75) is 37.7 Å². The third-order valence-electron chi connectivity index (χ3n) is 3.55. The fourth-order valence-electron chi connectivity index (χ4n) is 2.27. The summed E-state index contributed by atoms with van der Waals surface area (Å²) >= 11 is 8.07. The Morgan fingerprint density at radius 3 is 2.54 bits per heavy atom. The van der Waals surface area contributed by atoms with Crippen LogP contribution in [-0.4, -0.2) is 47.9 Å². The van der Waals surface area contributed by atoms with Crippen molar-refractivity contribution in [1.82, 2.24) is 9.21 Å². The summed E-state index contributed by atoms with van der Waals surface area (Å²) in [5.41, 5.74) is 1.52. The molecule has 142 valence electrons. The molecule has 0 radical (unpaired) electrons. The molecule has 8 heteroatoms. The lowest BCUT2D eigenvalue weighted by Gasteiger charge is -2.29. The average molecular weight is 398 g/mol. The monoisotopic (exact) mass is 397 g/mol. The molecule has 2 amide bonds. The molecule has 0 aliphatic carbocycles. The summed E-state index contributed by atoms with van der Waals surface area (Å²) in [6.07, 6.45) is -0.320. The maximum absolute atomic E-state index is 12.1. The highest BCUT2D eigenvalue weighted by atomic mass is 35.5. The van der Waals surface area contributed by atoms with E-state index < -0.39 is 11.7 Å². The predicted octanol–water partition coefficient (Wildman–Crippen LogP) is 4.37. The maximum Gasteiger partial charge on any atom is 0.412 e. The van der Waals surface area contributed by atoms with Gasteiger partial charge >= 0.3 is 6.09 Å². The third kappa shape index (κ3) is 5.08. The van der Waals surface area contributed by atoms with E-state index in [1.54, 1.807) is 47.0 Å². The molecule has 0 saturated heterocycles. The van der Waals surface area contributed by atoms with Gasteiger partial charge in [0.05, 0.1) is 17.2 Å². The molecule has 0 bridgehead atoms. The van der Waals surface area contributed by atoms with Crippen LogP contribution in [0.3, 0.4) is 0 Å². The van der Waals surface area contributed by atoms with Crippen molar-refractivity contribution in [3.05, 3.63) is 29.5 Å². The number of hydrogen-bond donors (Lipinski definition) is 1. The van der Waals surface area contributed by atoms with Crippen LogP contribution in [0.4, 0.5) is 10.5 Å². The van der Waals surface area contributed by atoms with E-state index in [1.165, 1.54) is 16.8 Å². The zero-order chi connectivity index (χ0) is 19.6. The third-order valence-corrected chi connectivity index (χ3v) is 5.02. The number of rotatable bonds is 3. The normalized spacial score (nSPS) is 14.0. The van der Waals surface area contributed by atoms with Crippen LogP contribution in [0.2, 0.25) is 0 Å². The number of ether oxygens (including phenoxy) is 1. The summed E-state index contributed by atoms with van der Waals surface area (Å²) in [6.45, 7) is 5.42. The molecule has 26 heavy (non-hydrogen) atoms. The second kappa shape index (κ2) is 7.80. The summed E-state index contributed by atoms with van der Waals surface area (Å²) in [5, 5.41) is 3.22. The van der Waals surface area contributed by atoms with Gasteiger partial charge in [-0.2, -0.15) is 0 Å². The number of carbonyl (C=O) groups excluding carboxylic acids is 2. The Kier molecular flexibility index (Phi) is 6.13. The van der Waals surface area contributed by atoms with E-state index in [0.29, 0.717) is 10.7 Å².